The molecule has 0 saturated heterocycles. The highest BCUT2D eigenvalue weighted by Crippen LogP contribution is 2.48. The second kappa shape index (κ2) is 5.52. The second-order valence-corrected chi connectivity index (χ2v) is 7.80. The quantitative estimate of drug-likeness (QED) is 0.656. The van der Waals surface area contributed by atoms with Crippen LogP contribution >= 0.6 is 11.3 Å². The van der Waals surface area contributed by atoms with Gasteiger partial charge in [0.25, 0.3) is 0 Å². The van der Waals surface area contributed by atoms with Gasteiger partial charge in [-0.3, -0.25) is 5.84 Å². The van der Waals surface area contributed by atoms with Crippen molar-refractivity contribution in [2.45, 2.75) is 58.1 Å². The minimum Gasteiger partial charge on any atom is -0.376 e. The van der Waals surface area contributed by atoms with Crippen LogP contribution in [-0.2, 0) is 4.74 Å². The van der Waals surface area contributed by atoms with E-state index in [1.807, 2.05) is 7.11 Å². The number of hydrogen-bond donors (Lipinski definition) is 2. The fourth-order valence-corrected chi connectivity index (χ4v) is 4.11. The highest BCUT2D eigenvalue weighted by atomic mass is 32.1. The summed E-state index contributed by atoms with van der Waals surface area (Å²) in [6.07, 6.45) is 4.48. The van der Waals surface area contributed by atoms with Crippen molar-refractivity contribution in [2.24, 2.45) is 11.3 Å². The van der Waals surface area contributed by atoms with Gasteiger partial charge in [0.05, 0.1) is 11.6 Å². The third-order valence-electron chi connectivity index (χ3n) is 4.59. The third kappa shape index (κ3) is 3.02. The van der Waals surface area contributed by atoms with Crippen LogP contribution in [0.4, 0.5) is 0 Å². The van der Waals surface area contributed by atoms with E-state index < -0.39 is 0 Å². The molecule has 3 nitrogen and oxygen atoms in total. The van der Waals surface area contributed by atoms with Crippen LogP contribution in [0.1, 0.15) is 55.3 Å². The smallest absolute Gasteiger partial charge is 0.0893 e. The summed E-state index contributed by atoms with van der Waals surface area (Å²) < 4.78 is 5.95. The number of nitrogens with one attached hydrogen (secondary N) is 1. The van der Waals surface area contributed by atoms with Gasteiger partial charge in [0, 0.05) is 16.9 Å². The number of methoxy groups -OCH3 is 1. The van der Waals surface area contributed by atoms with Crippen molar-refractivity contribution < 1.29 is 4.74 Å². The van der Waals surface area contributed by atoms with E-state index >= 15 is 0 Å². The maximum Gasteiger partial charge on any atom is 0.0893 e. The Morgan fingerprint density at radius 3 is 2.32 bits per heavy atom. The molecule has 1 heterocycles. The molecule has 0 aromatic carbocycles. The average molecular weight is 282 g/mol. The Labute approximate surface area is 120 Å². The maximum atomic E-state index is 5.95. The van der Waals surface area contributed by atoms with Gasteiger partial charge < -0.3 is 4.74 Å². The molecule has 0 radical (unpaired) electrons. The first-order valence-electron chi connectivity index (χ1n) is 7.00. The molecular weight excluding hydrogens is 256 g/mol. The fourth-order valence-electron chi connectivity index (χ4n) is 3.06. The second-order valence-electron chi connectivity index (χ2n) is 6.48. The number of ether oxygens (including phenoxy) is 1. The first kappa shape index (κ1) is 15.0. The molecule has 0 amide bonds. The molecule has 1 aromatic heterocycles. The summed E-state index contributed by atoms with van der Waals surface area (Å²) in [5, 5.41) is 0. The lowest BCUT2D eigenvalue weighted by Gasteiger charge is -2.46. The zero-order valence-electron chi connectivity index (χ0n) is 12.5. The number of aryl methyl sites for hydroxylation is 1. The molecular formula is C15H26N2OS. The monoisotopic (exact) mass is 282 g/mol. The lowest BCUT2D eigenvalue weighted by atomic mass is 9.68. The van der Waals surface area contributed by atoms with E-state index in [2.05, 4.69) is 38.3 Å². The maximum absolute atomic E-state index is 5.95. The molecule has 19 heavy (non-hydrogen) atoms. The Kier molecular flexibility index (Phi) is 4.35. The number of nitrogens with two attached hydrogens (primary N) is 1. The van der Waals surface area contributed by atoms with Crippen molar-refractivity contribution in [3.63, 3.8) is 0 Å². The van der Waals surface area contributed by atoms with E-state index in [1.54, 1.807) is 11.3 Å². The van der Waals surface area contributed by atoms with Crippen LogP contribution in [0.5, 0.6) is 0 Å². The van der Waals surface area contributed by atoms with Gasteiger partial charge in [-0.25, -0.2) is 5.43 Å². The Morgan fingerprint density at radius 1 is 1.26 bits per heavy atom. The lowest BCUT2D eigenvalue weighted by Crippen LogP contribution is -2.50. The molecule has 1 unspecified atom stereocenters. The first-order chi connectivity index (χ1) is 8.92. The van der Waals surface area contributed by atoms with E-state index in [0.29, 0.717) is 5.41 Å². The van der Waals surface area contributed by atoms with Gasteiger partial charge in [-0.2, -0.15) is 0 Å². The topological polar surface area (TPSA) is 47.3 Å². The molecule has 0 aliphatic heterocycles. The van der Waals surface area contributed by atoms with Crippen molar-refractivity contribution in [1.29, 1.82) is 0 Å². The zero-order chi connectivity index (χ0) is 14.1. The van der Waals surface area contributed by atoms with Crippen LogP contribution in [-0.4, -0.2) is 12.7 Å². The molecule has 1 aromatic rings. The molecule has 1 saturated carbocycles. The summed E-state index contributed by atoms with van der Waals surface area (Å²) >= 11 is 1.81. The summed E-state index contributed by atoms with van der Waals surface area (Å²) in [6, 6.07) is 4.42. The Hall–Kier alpha value is -0.420. The largest absolute Gasteiger partial charge is 0.376 e. The minimum atomic E-state index is -0.165. The van der Waals surface area contributed by atoms with Gasteiger partial charge >= 0.3 is 0 Å². The molecule has 3 N–H and O–H groups in total. The van der Waals surface area contributed by atoms with E-state index in [4.69, 9.17) is 10.6 Å². The van der Waals surface area contributed by atoms with E-state index in [1.165, 1.54) is 22.6 Å². The third-order valence-corrected chi connectivity index (χ3v) is 5.66. The molecule has 2 rings (SSSR count). The average Bonchev–Trinajstić information content (AvgIpc) is 2.79. The zero-order valence-corrected chi connectivity index (χ0v) is 13.3. The van der Waals surface area contributed by atoms with Crippen molar-refractivity contribution in [2.75, 3.05) is 7.11 Å². The highest BCUT2D eigenvalue weighted by molar-refractivity contribution is 7.12. The molecule has 108 valence electrons. The number of hydrazine groups is 1. The van der Waals surface area contributed by atoms with Crippen LogP contribution < -0.4 is 11.3 Å². The van der Waals surface area contributed by atoms with Gasteiger partial charge in [-0.05, 0) is 50.2 Å². The van der Waals surface area contributed by atoms with Gasteiger partial charge in [0.1, 0.15) is 0 Å². The molecule has 0 bridgehead atoms. The van der Waals surface area contributed by atoms with Crippen LogP contribution in [0, 0.1) is 12.3 Å². The Balaban J connectivity index is 2.24. The number of thiophene rings is 1. The summed E-state index contributed by atoms with van der Waals surface area (Å²) in [7, 11) is 1.82. The van der Waals surface area contributed by atoms with Crippen molar-refractivity contribution in [3.8, 4) is 0 Å². The molecule has 0 spiro atoms. The van der Waals surface area contributed by atoms with Gasteiger partial charge in [0.15, 0.2) is 0 Å². The van der Waals surface area contributed by atoms with Crippen LogP contribution in [0.2, 0.25) is 0 Å². The normalized spacial score (nSPS) is 23.2. The van der Waals surface area contributed by atoms with Crippen molar-refractivity contribution in [3.05, 3.63) is 21.9 Å². The Morgan fingerprint density at radius 2 is 1.89 bits per heavy atom. The summed E-state index contributed by atoms with van der Waals surface area (Å²) in [4.78, 5) is 2.60. The number of hydrogen-bond acceptors (Lipinski definition) is 4. The summed E-state index contributed by atoms with van der Waals surface area (Å²) in [5.74, 6) is 5.85. The van der Waals surface area contributed by atoms with E-state index in [-0.39, 0.29) is 11.6 Å². The van der Waals surface area contributed by atoms with Crippen LogP contribution in [0.15, 0.2) is 12.1 Å². The van der Waals surface area contributed by atoms with Crippen LogP contribution in [0.3, 0.4) is 0 Å². The van der Waals surface area contributed by atoms with E-state index in [9.17, 15) is 0 Å². The SMILES string of the molecule is COC1(C(NN)c2ccc(C)s2)CCC(C)(C)CC1. The molecule has 4 heteroatoms. The van der Waals surface area contributed by atoms with Gasteiger partial charge in [-0.15, -0.1) is 11.3 Å². The van der Waals surface area contributed by atoms with Crippen LogP contribution in [0.25, 0.3) is 0 Å². The predicted octanol–water partition coefficient (Wildman–Crippen LogP) is 3.55. The minimum absolute atomic E-state index is 0.0901. The predicted molar refractivity (Wildman–Crippen MR) is 81.1 cm³/mol. The van der Waals surface area contributed by atoms with Crippen molar-refractivity contribution >= 4 is 11.3 Å². The van der Waals surface area contributed by atoms with Gasteiger partial charge in [0.2, 0.25) is 0 Å². The van der Waals surface area contributed by atoms with Crippen molar-refractivity contribution in [1.82, 2.24) is 5.43 Å². The fraction of sp³-hybridized carbons (Fsp3) is 0.733. The standard InChI is InChI=1S/C15H26N2OS/c1-11-5-6-12(19-11)13(17-16)15(18-4)9-7-14(2,3)8-10-15/h5-6,13,17H,7-10,16H2,1-4H3. The number of rotatable bonds is 4. The molecule has 1 fully saturated rings. The summed E-state index contributed by atoms with van der Waals surface area (Å²) in [6.45, 7) is 6.81. The molecule has 1 atom stereocenters. The first-order valence-corrected chi connectivity index (χ1v) is 7.82. The van der Waals surface area contributed by atoms with E-state index in [0.717, 1.165) is 12.8 Å². The summed E-state index contributed by atoms with van der Waals surface area (Å²) in [5.41, 5.74) is 3.26. The highest BCUT2D eigenvalue weighted by Gasteiger charge is 2.45. The molecule has 1 aliphatic rings. The molecule has 1 aliphatic carbocycles. The Bertz CT molecular complexity index is 418. The lowest BCUT2D eigenvalue weighted by molar-refractivity contribution is -0.0869. The van der Waals surface area contributed by atoms with Gasteiger partial charge in [-0.1, -0.05) is 13.8 Å².